The van der Waals surface area contributed by atoms with Crippen molar-refractivity contribution in [2.45, 2.75) is 71.6 Å². The normalized spacial score (nSPS) is 16.4. The number of pyridine rings is 1. The van der Waals surface area contributed by atoms with Gasteiger partial charge in [0.05, 0.1) is 17.1 Å². The quantitative estimate of drug-likeness (QED) is 0.169. The molecule has 0 aliphatic carbocycles. The number of unbranched alkanes of at least 4 members (excludes halogenated alkanes) is 7. The lowest BCUT2D eigenvalue weighted by Gasteiger charge is -2.35. The van der Waals surface area contributed by atoms with Crippen LogP contribution in [0, 0.1) is 6.92 Å². The molecule has 44 heavy (non-hydrogen) atoms. The largest absolute Gasteiger partial charge is 0.481 e. The maximum absolute atomic E-state index is 13.8. The fourth-order valence-corrected chi connectivity index (χ4v) is 6.70. The van der Waals surface area contributed by atoms with Crippen LogP contribution in [0.1, 0.15) is 75.8 Å². The van der Waals surface area contributed by atoms with Gasteiger partial charge >= 0.3 is 12.1 Å². The predicted molar refractivity (Wildman–Crippen MR) is 176 cm³/mol. The zero-order valence-electron chi connectivity index (χ0n) is 25.5. The molecule has 4 heterocycles. The van der Waals surface area contributed by atoms with E-state index in [0.717, 1.165) is 56.9 Å². The molecule has 2 amide bonds. The number of hydrogen-bond acceptors (Lipinski definition) is 9. The van der Waals surface area contributed by atoms with Crippen LogP contribution in [0.3, 0.4) is 0 Å². The van der Waals surface area contributed by atoms with Crippen LogP contribution < -0.4 is 10.5 Å². The average Bonchev–Trinajstić information content (AvgIpc) is 3.27. The van der Waals surface area contributed by atoms with Crippen molar-refractivity contribution in [3.63, 3.8) is 0 Å². The Balaban J connectivity index is 1.43. The minimum atomic E-state index is -0.738. The monoisotopic (exact) mass is 643 g/mol. The molecule has 11 nitrogen and oxygen atoms in total. The molecule has 2 aromatic rings. The van der Waals surface area contributed by atoms with Gasteiger partial charge < -0.3 is 19.6 Å². The summed E-state index contributed by atoms with van der Waals surface area (Å²) in [6, 6.07) is 3.70. The molecule has 0 unspecified atom stereocenters. The Bertz CT molecular complexity index is 1470. The summed E-state index contributed by atoms with van der Waals surface area (Å²) in [6.45, 7) is 6.31. The van der Waals surface area contributed by atoms with Crippen molar-refractivity contribution in [1.29, 1.82) is 0 Å². The number of ether oxygens (including phenoxy) is 1. The number of carboxylic acid groups (broad SMARTS) is 1. The molecule has 2 aliphatic rings. The minimum absolute atomic E-state index is 0.203. The average molecular weight is 644 g/mol. The zero-order chi connectivity index (χ0) is 31.6. The highest BCUT2D eigenvalue weighted by Crippen LogP contribution is 2.34. The highest BCUT2D eigenvalue weighted by molar-refractivity contribution is 8.26. The van der Waals surface area contributed by atoms with E-state index in [1.54, 1.807) is 35.1 Å². The Morgan fingerprint density at radius 2 is 1.70 bits per heavy atom. The molecule has 0 saturated carbocycles. The van der Waals surface area contributed by atoms with E-state index >= 15 is 0 Å². The number of aromatic nitrogens is 2. The summed E-state index contributed by atoms with van der Waals surface area (Å²) in [4.78, 5) is 60.6. The van der Waals surface area contributed by atoms with Crippen LogP contribution in [-0.2, 0) is 14.3 Å². The second kappa shape index (κ2) is 16.0. The lowest BCUT2D eigenvalue weighted by molar-refractivity contribution is -0.137. The van der Waals surface area contributed by atoms with Crippen LogP contribution in [0.25, 0.3) is 11.7 Å². The molecule has 4 rings (SSSR count). The molecule has 1 N–H and O–H groups in total. The summed E-state index contributed by atoms with van der Waals surface area (Å²) in [5.74, 6) is -0.454. The van der Waals surface area contributed by atoms with Gasteiger partial charge in [-0.2, -0.15) is 0 Å². The number of amides is 2. The predicted octanol–water partition coefficient (Wildman–Crippen LogP) is 5.08. The molecule has 238 valence electrons. The van der Waals surface area contributed by atoms with E-state index in [4.69, 9.17) is 27.0 Å². The Labute approximate surface area is 267 Å². The number of aliphatic carboxylic acids is 1. The van der Waals surface area contributed by atoms with Crippen molar-refractivity contribution in [2.24, 2.45) is 0 Å². The Morgan fingerprint density at radius 3 is 2.36 bits per heavy atom. The first-order chi connectivity index (χ1) is 21.2. The number of thiocarbonyl (C=S) groups is 1. The highest BCUT2D eigenvalue weighted by Gasteiger charge is 2.33. The van der Waals surface area contributed by atoms with E-state index in [2.05, 4.69) is 0 Å². The van der Waals surface area contributed by atoms with Gasteiger partial charge in [0.15, 0.2) is 0 Å². The molecule has 13 heteroatoms. The van der Waals surface area contributed by atoms with Crippen LogP contribution in [0.15, 0.2) is 28.0 Å². The standard InChI is InChI=1S/C31H41N5O6S2/c1-3-42-30(41)34-19-17-33(18-20-34)27-23(28(39)35-16-12-13-22(2)26(35)32-27)21-24-29(40)36(31(43)44-24)15-11-9-7-5-4-6-8-10-14-25(37)38/h12-13,16,21H,3-11,14-15,17-20H2,1-2H3,(H,37,38). The number of thioether (sulfide) groups is 1. The van der Waals surface area contributed by atoms with E-state index < -0.39 is 5.97 Å². The summed E-state index contributed by atoms with van der Waals surface area (Å²) in [6.07, 6.45) is 10.9. The lowest BCUT2D eigenvalue weighted by Crippen LogP contribution is -2.49. The van der Waals surface area contributed by atoms with Gasteiger partial charge in [-0.05, 0) is 44.4 Å². The van der Waals surface area contributed by atoms with Gasteiger partial charge in [-0.25, -0.2) is 9.78 Å². The van der Waals surface area contributed by atoms with E-state index in [1.165, 1.54) is 16.2 Å². The molecule has 2 saturated heterocycles. The number of rotatable bonds is 14. The van der Waals surface area contributed by atoms with Gasteiger partial charge in [-0.1, -0.05) is 68.6 Å². The summed E-state index contributed by atoms with van der Waals surface area (Å²) >= 11 is 6.76. The minimum Gasteiger partial charge on any atom is -0.481 e. The smallest absolute Gasteiger partial charge is 0.409 e. The van der Waals surface area contributed by atoms with Gasteiger partial charge in [0, 0.05) is 45.3 Å². The van der Waals surface area contributed by atoms with Crippen LogP contribution in [0.5, 0.6) is 0 Å². The first-order valence-electron chi connectivity index (χ1n) is 15.4. The number of carbonyl (C=O) groups is 3. The third-order valence-electron chi connectivity index (χ3n) is 7.84. The molecular weight excluding hydrogens is 603 g/mol. The fourth-order valence-electron chi connectivity index (χ4n) is 5.41. The highest BCUT2D eigenvalue weighted by atomic mass is 32.2. The number of aryl methyl sites for hydroxylation is 1. The number of nitrogens with zero attached hydrogens (tertiary/aromatic N) is 5. The fraction of sp³-hybridized carbons (Fsp3) is 0.548. The van der Waals surface area contributed by atoms with Crippen LogP contribution in [0.4, 0.5) is 10.6 Å². The van der Waals surface area contributed by atoms with Gasteiger partial charge in [0.25, 0.3) is 11.5 Å². The Kier molecular flexibility index (Phi) is 12.2. The van der Waals surface area contributed by atoms with Crippen LogP contribution >= 0.6 is 24.0 Å². The Morgan fingerprint density at radius 1 is 1.05 bits per heavy atom. The van der Waals surface area contributed by atoms with E-state index in [-0.39, 0.29) is 24.0 Å². The van der Waals surface area contributed by atoms with Gasteiger partial charge in [0.2, 0.25) is 0 Å². The summed E-state index contributed by atoms with van der Waals surface area (Å²) in [7, 11) is 0. The molecule has 2 aliphatic heterocycles. The zero-order valence-corrected chi connectivity index (χ0v) is 27.1. The molecule has 0 bridgehead atoms. The van der Waals surface area contributed by atoms with Crippen molar-refractivity contribution in [3.8, 4) is 0 Å². The summed E-state index contributed by atoms with van der Waals surface area (Å²) in [5.41, 5.74) is 1.45. The van der Waals surface area contributed by atoms with Gasteiger partial charge in [-0.15, -0.1) is 0 Å². The van der Waals surface area contributed by atoms with Crippen molar-refractivity contribution in [2.75, 3.05) is 44.2 Å². The summed E-state index contributed by atoms with van der Waals surface area (Å²) in [5, 5.41) is 8.72. The van der Waals surface area contributed by atoms with Crippen molar-refractivity contribution in [1.82, 2.24) is 19.2 Å². The third kappa shape index (κ3) is 8.38. The van der Waals surface area contributed by atoms with E-state index in [0.29, 0.717) is 65.6 Å². The van der Waals surface area contributed by atoms with E-state index in [1.807, 2.05) is 17.9 Å². The SMILES string of the molecule is CCOC(=O)N1CCN(c2nc3c(C)cccn3c(=O)c2C=C2SC(=S)N(CCCCCCCCCCC(=O)O)C2=O)CC1. The maximum Gasteiger partial charge on any atom is 0.409 e. The number of carboxylic acids is 1. The van der Waals surface area contributed by atoms with Crippen molar-refractivity contribution < 1.29 is 24.2 Å². The van der Waals surface area contributed by atoms with Crippen LogP contribution in [-0.4, -0.2) is 85.9 Å². The molecule has 0 atom stereocenters. The molecule has 0 spiro atoms. The first-order valence-corrected chi connectivity index (χ1v) is 16.6. The summed E-state index contributed by atoms with van der Waals surface area (Å²) < 4.78 is 7.13. The molecule has 0 aromatic carbocycles. The number of anilines is 1. The number of piperazine rings is 1. The number of carbonyl (C=O) groups excluding carboxylic acids is 2. The Hall–Kier alpha value is -3.45. The second-order valence-electron chi connectivity index (χ2n) is 11.0. The first kappa shape index (κ1) is 33.4. The maximum atomic E-state index is 13.8. The molecule has 0 radical (unpaired) electrons. The van der Waals surface area contributed by atoms with Crippen molar-refractivity contribution >= 4 is 63.8 Å². The third-order valence-corrected chi connectivity index (χ3v) is 9.22. The van der Waals surface area contributed by atoms with Gasteiger partial charge in [0.1, 0.15) is 15.8 Å². The molecular formula is C31H41N5O6S2. The van der Waals surface area contributed by atoms with Gasteiger partial charge in [-0.3, -0.25) is 23.7 Å². The topological polar surface area (TPSA) is 125 Å². The number of hydrogen-bond donors (Lipinski definition) is 1. The molecule has 2 aromatic heterocycles. The second-order valence-corrected chi connectivity index (χ2v) is 12.7. The van der Waals surface area contributed by atoms with Crippen molar-refractivity contribution in [3.05, 3.63) is 44.7 Å². The lowest BCUT2D eigenvalue weighted by atomic mass is 10.1. The van der Waals surface area contributed by atoms with Crippen LogP contribution in [0.2, 0.25) is 0 Å². The van der Waals surface area contributed by atoms with E-state index in [9.17, 15) is 19.2 Å². The molecule has 2 fully saturated rings. The number of fused-ring (bicyclic) bond motifs is 1.